The van der Waals surface area contributed by atoms with Crippen LogP contribution in [0.2, 0.25) is 0 Å². The molecular formula is C9H13N3S. The van der Waals surface area contributed by atoms with E-state index in [2.05, 4.69) is 15.6 Å². The van der Waals surface area contributed by atoms with Crippen molar-refractivity contribution >= 4 is 23.5 Å². The van der Waals surface area contributed by atoms with Crippen LogP contribution in [-0.4, -0.2) is 17.5 Å². The molecule has 0 aromatic heterocycles. The predicted octanol–water partition coefficient (Wildman–Crippen LogP) is 1.34. The first-order valence-corrected chi connectivity index (χ1v) is 4.57. The van der Waals surface area contributed by atoms with E-state index < -0.39 is 0 Å². The Balaban J connectivity index is 2.78. The van der Waals surface area contributed by atoms with E-state index in [-0.39, 0.29) is 6.17 Å². The molecule has 0 amide bonds. The van der Waals surface area contributed by atoms with Crippen LogP contribution >= 0.6 is 12.2 Å². The first kappa shape index (κ1) is 9.92. The van der Waals surface area contributed by atoms with Crippen molar-refractivity contribution < 1.29 is 0 Å². The SMILES string of the molecule is CC=NC1C=C(/C=C\C)NC(=S)N1. The van der Waals surface area contributed by atoms with Gasteiger partial charge in [-0.3, -0.25) is 4.99 Å². The molecule has 0 fully saturated rings. The summed E-state index contributed by atoms with van der Waals surface area (Å²) in [7, 11) is 0. The Hall–Kier alpha value is -1.16. The number of allylic oxidation sites excluding steroid dienone is 2. The van der Waals surface area contributed by atoms with Crippen LogP contribution in [-0.2, 0) is 0 Å². The fourth-order valence-corrected chi connectivity index (χ4v) is 1.31. The number of thiocarbonyl (C=S) groups is 1. The highest BCUT2D eigenvalue weighted by atomic mass is 32.1. The van der Waals surface area contributed by atoms with E-state index in [0.717, 1.165) is 5.70 Å². The minimum Gasteiger partial charge on any atom is -0.337 e. The monoisotopic (exact) mass is 195 g/mol. The van der Waals surface area contributed by atoms with E-state index in [9.17, 15) is 0 Å². The van der Waals surface area contributed by atoms with Gasteiger partial charge in [-0.15, -0.1) is 0 Å². The van der Waals surface area contributed by atoms with E-state index in [4.69, 9.17) is 12.2 Å². The summed E-state index contributed by atoms with van der Waals surface area (Å²) in [5, 5.41) is 6.66. The number of hydrogen-bond donors (Lipinski definition) is 2. The molecule has 0 aliphatic carbocycles. The van der Waals surface area contributed by atoms with E-state index in [1.807, 2.05) is 32.1 Å². The molecule has 1 rings (SSSR count). The molecule has 1 unspecified atom stereocenters. The summed E-state index contributed by atoms with van der Waals surface area (Å²) in [5.41, 5.74) is 0.988. The second kappa shape index (κ2) is 4.77. The average Bonchev–Trinajstić information content (AvgIpc) is 2.04. The molecule has 0 bridgehead atoms. The zero-order valence-corrected chi connectivity index (χ0v) is 8.56. The summed E-state index contributed by atoms with van der Waals surface area (Å²) in [5.74, 6) is 0. The lowest BCUT2D eigenvalue weighted by molar-refractivity contribution is 0.733. The molecule has 0 radical (unpaired) electrons. The molecule has 1 heterocycles. The molecule has 0 spiro atoms. The van der Waals surface area contributed by atoms with E-state index in [0.29, 0.717) is 5.11 Å². The fourth-order valence-electron chi connectivity index (χ4n) is 1.07. The van der Waals surface area contributed by atoms with Gasteiger partial charge in [0.1, 0.15) is 6.17 Å². The largest absolute Gasteiger partial charge is 0.337 e. The van der Waals surface area contributed by atoms with Gasteiger partial charge in [-0.1, -0.05) is 6.08 Å². The first-order valence-electron chi connectivity index (χ1n) is 4.16. The summed E-state index contributed by atoms with van der Waals surface area (Å²) >= 11 is 5.02. The van der Waals surface area contributed by atoms with E-state index >= 15 is 0 Å². The van der Waals surface area contributed by atoms with Crippen molar-refractivity contribution in [3.63, 3.8) is 0 Å². The number of rotatable bonds is 2. The molecule has 2 N–H and O–H groups in total. The fraction of sp³-hybridized carbons (Fsp3) is 0.333. The summed E-state index contributed by atoms with van der Waals surface area (Å²) in [4.78, 5) is 4.19. The molecule has 1 atom stereocenters. The number of nitrogens with one attached hydrogen (secondary N) is 2. The Labute approximate surface area is 83.6 Å². The van der Waals surface area contributed by atoms with Gasteiger partial charge in [0.15, 0.2) is 5.11 Å². The van der Waals surface area contributed by atoms with Gasteiger partial charge in [-0.2, -0.15) is 0 Å². The molecule has 13 heavy (non-hydrogen) atoms. The minimum atomic E-state index is -0.0371. The lowest BCUT2D eigenvalue weighted by Crippen LogP contribution is -2.44. The number of aliphatic imine (C=N–C) groups is 1. The highest BCUT2D eigenvalue weighted by molar-refractivity contribution is 7.80. The molecule has 4 heteroatoms. The zero-order valence-electron chi connectivity index (χ0n) is 7.74. The third-order valence-corrected chi connectivity index (χ3v) is 1.75. The molecule has 3 nitrogen and oxygen atoms in total. The van der Waals surface area contributed by atoms with Crippen LogP contribution in [0.1, 0.15) is 13.8 Å². The maximum absolute atomic E-state index is 5.02. The van der Waals surface area contributed by atoms with Crippen LogP contribution in [0.5, 0.6) is 0 Å². The van der Waals surface area contributed by atoms with Crippen molar-refractivity contribution in [3.05, 3.63) is 23.9 Å². The smallest absolute Gasteiger partial charge is 0.172 e. The molecule has 70 valence electrons. The molecule has 0 aromatic rings. The quantitative estimate of drug-likeness (QED) is 0.515. The molecule has 0 saturated carbocycles. The molecule has 0 saturated heterocycles. The van der Waals surface area contributed by atoms with Gasteiger partial charge in [-0.05, 0) is 44.4 Å². The van der Waals surface area contributed by atoms with Crippen molar-refractivity contribution in [2.45, 2.75) is 20.0 Å². The van der Waals surface area contributed by atoms with E-state index in [1.54, 1.807) is 6.21 Å². The van der Waals surface area contributed by atoms with Gasteiger partial charge in [0.2, 0.25) is 0 Å². The lowest BCUT2D eigenvalue weighted by Gasteiger charge is -2.21. The van der Waals surface area contributed by atoms with Gasteiger partial charge in [0, 0.05) is 5.70 Å². The molecule has 1 aliphatic heterocycles. The topological polar surface area (TPSA) is 36.4 Å². The molecule has 1 aliphatic rings. The summed E-state index contributed by atoms with van der Waals surface area (Å²) < 4.78 is 0. The number of nitrogens with zero attached hydrogens (tertiary/aromatic N) is 1. The first-order chi connectivity index (χ1) is 6.26. The van der Waals surface area contributed by atoms with Gasteiger partial charge >= 0.3 is 0 Å². The number of hydrogen-bond acceptors (Lipinski definition) is 2. The highest BCUT2D eigenvalue weighted by Gasteiger charge is 2.11. The highest BCUT2D eigenvalue weighted by Crippen LogP contribution is 2.02. The summed E-state index contributed by atoms with van der Waals surface area (Å²) in [6, 6.07) is 0. The second-order valence-corrected chi connectivity index (χ2v) is 2.98. The van der Waals surface area contributed by atoms with Crippen LogP contribution in [0.15, 0.2) is 28.9 Å². The summed E-state index contributed by atoms with van der Waals surface area (Å²) in [6.07, 6.45) is 7.63. The van der Waals surface area contributed by atoms with Crippen molar-refractivity contribution in [1.29, 1.82) is 0 Å². The third-order valence-electron chi connectivity index (χ3n) is 1.53. The normalized spacial score (nSPS) is 23.1. The van der Waals surface area contributed by atoms with Crippen LogP contribution in [0, 0.1) is 0 Å². The Morgan fingerprint density at radius 2 is 2.31 bits per heavy atom. The lowest BCUT2D eigenvalue weighted by atomic mass is 10.3. The maximum atomic E-state index is 5.02. The van der Waals surface area contributed by atoms with E-state index in [1.165, 1.54) is 0 Å². The van der Waals surface area contributed by atoms with Gasteiger partial charge in [0.05, 0.1) is 0 Å². The standard InChI is InChI=1S/C9H13N3S/c1-3-5-7-6-8(10-4-2)12-9(13)11-7/h3-6,8H,1-2H3,(H2,11,12,13)/b5-3-,10-4?. The molecular weight excluding hydrogens is 182 g/mol. The van der Waals surface area contributed by atoms with Crippen molar-refractivity contribution in [3.8, 4) is 0 Å². The third kappa shape index (κ3) is 2.99. The summed E-state index contributed by atoms with van der Waals surface area (Å²) in [6.45, 7) is 3.85. The van der Waals surface area contributed by atoms with Crippen LogP contribution < -0.4 is 10.6 Å². The van der Waals surface area contributed by atoms with Gasteiger partial charge in [0.25, 0.3) is 0 Å². The van der Waals surface area contributed by atoms with Gasteiger partial charge < -0.3 is 10.6 Å². The Morgan fingerprint density at radius 1 is 1.54 bits per heavy atom. The van der Waals surface area contributed by atoms with Crippen molar-refractivity contribution in [2.24, 2.45) is 4.99 Å². The van der Waals surface area contributed by atoms with Crippen molar-refractivity contribution in [1.82, 2.24) is 10.6 Å². The van der Waals surface area contributed by atoms with Gasteiger partial charge in [-0.25, -0.2) is 0 Å². The Bertz CT molecular complexity index is 279. The maximum Gasteiger partial charge on any atom is 0.172 e. The predicted molar refractivity (Wildman–Crippen MR) is 59.7 cm³/mol. The second-order valence-electron chi connectivity index (χ2n) is 2.57. The van der Waals surface area contributed by atoms with Crippen LogP contribution in [0.25, 0.3) is 0 Å². The van der Waals surface area contributed by atoms with Crippen molar-refractivity contribution in [2.75, 3.05) is 0 Å². The minimum absolute atomic E-state index is 0.0371. The molecule has 0 aromatic carbocycles. The average molecular weight is 195 g/mol. The Morgan fingerprint density at radius 3 is 2.92 bits per heavy atom. The van der Waals surface area contributed by atoms with Crippen LogP contribution in [0.3, 0.4) is 0 Å². The van der Waals surface area contributed by atoms with Crippen LogP contribution in [0.4, 0.5) is 0 Å². The Kier molecular flexibility index (Phi) is 3.64. The zero-order chi connectivity index (χ0) is 9.68.